The third-order valence-corrected chi connectivity index (χ3v) is 5.87. The van der Waals surface area contributed by atoms with Crippen molar-refractivity contribution < 1.29 is 14.7 Å². The van der Waals surface area contributed by atoms with Gasteiger partial charge in [-0.05, 0) is 49.3 Å². The van der Waals surface area contributed by atoms with Gasteiger partial charge in [-0.3, -0.25) is 4.79 Å². The van der Waals surface area contributed by atoms with Crippen LogP contribution in [0, 0.1) is 6.92 Å². The molecule has 1 amide bonds. The zero-order chi connectivity index (χ0) is 15.1. The molecule has 2 aromatic rings. The van der Waals surface area contributed by atoms with Crippen LogP contribution >= 0.6 is 22.9 Å². The molecule has 0 atom stereocenters. The fraction of sp³-hybridized carbons (Fsp3) is 0.357. The summed E-state index contributed by atoms with van der Waals surface area (Å²) < 4.78 is 4.06. The molecule has 3 rings (SSSR count). The van der Waals surface area contributed by atoms with Gasteiger partial charge in [-0.1, -0.05) is 0 Å². The highest BCUT2D eigenvalue weighted by Gasteiger charge is 2.26. The van der Waals surface area contributed by atoms with Crippen LogP contribution in [0.4, 0.5) is 5.00 Å². The fourth-order valence-electron chi connectivity index (χ4n) is 2.52. The van der Waals surface area contributed by atoms with Gasteiger partial charge in [-0.2, -0.15) is 4.37 Å². The smallest absolute Gasteiger partial charge is 0.340 e. The molecule has 0 spiro atoms. The van der Waals surface area contributed by atoms with Gasteiger partial charge in [0.15, 0.2) is 0 Å². The summed E-state index contributed by atoms with van der Waals surface area (Å²) in [5, 5.41) is 9.65. The van der Waals surface area contributed by atoms with E-state index in [-0.39, 0.29) is 11.5 Å². The minimum absolute atomic E-state index is 0.111. The van der Waals surface area contributed by atoms with E-state index >= 15 is 0 Å². The van der Waals surface area contributed by atoms with Crippen LogP contribution in [0.3, 0.4) is 0 Å². The largest absolute Gasteiger partial charge is 0.478 e. The highest BCUT2D eigenvalue weighted by atomic mass is 32.1. The number of carbonyl (C=O) groups excluding carboxylic acids is 1. The lowest BCUT2D eigenvalue weighted by Crippen LogP contribution is -2.26. The molecule has 21 heavy (non-hydrogen) atoms. The number of aromatic carboxylic acids is 1. The number of hydrogen-bond acceptors (Lipinski definition) is 5. The molecule has 110 valence electrons. The first-order valence-corrected chi connectivity index (χ1v) is 8.17. The van der Waals surface area contributed by atoms with Crippen molar-refractivity contribution in [3.63, 3.8) is 0 Å². The summed E-state index contributed by atoms with van der Waals surface area (Å²) in [5.74, 6) is -1.22. The van der Waals surface area contributed by atoms with Gasteiger partial charge >= 0.3 is 5.97 Å². The second-order valence-electron chi connectivity index (χ2n) is 5.03. The van der Waals surface area contributed by atoms with Gasteiger partial charge in [0.1, 0.15) is 10.6 Å². The molecule has 1 N–H and O–H groups in total. The minimum Gasteiger partial charge on any atom is -0.478 e. The summed E-state index contributed by atoms with van der Waals surface area (Å²) in [5.41, 5.74) is 1.81. The lowest BCUT2D eigenvalue weighted by molar-refractivity contribution is 0.0697. The first-order valence-electron chi connectivity index (χ1n) is 6.58. The van der Waals surface area contributed by atoms with Gasteiger partial charge in [0.2, 0.25) is 0 Å². The molecule has 5 nitrogen and oxygen atoms in total. The van der Waals surface area contributed by atoms with Crippen molar-refractivity contribution >= 4 is 39.7 Å². The number of anilines is 1. The zero-order valence-corrected chi connectivity index (χ0v) is 13.3. The molecule has 2 heterocycles. The second-order valence-corrected chi connectivity index (χ2v) is 6.92. The molecule has 0 aliphatic heterocycles. The van der Waals surface area contributed by atoms with E-state index in [0.29, 0.717) is 15.6 Å². The molecule has 1 aliphatic rings. The Morgan fingerprint density at radius 2 is 2.14 bits per heavy atom. The maximum Gasteiger partial charge on any atom is 0.340 e. The van der Waals surface area contributed by atoms with Crippen molar-refractivity contribution in [2.75, 3.05) is 11.9 Å². The lowest BCUT2D eigenvalue weighted by atomic mass is 10.2. The Balaban J connectivity index is 1.92. The van der Waals surface area contributed by atoms with Crippen LogP contribution in [-0.2, 0) is 12.8 Å². The van der Waals surface area contributed by atoms with Crippen molar-refractivity contribution in [1.82, 2.24) is 4.37 Å². The standard InChI is InChI=1S/C14H14N2O3S2/c1-7-11(14(18)19)13(21-15-7)16(2)12(17)10-6-8-4-3-5-9(8)20-10/h6H,3-5H2,1-2H3,(H,18,19). The Bertz CT molecular complexity index is 711. The summed E-state index contributed by atoms with van der Waals surface area (Å²) >= 11 is 2.56. The normalized spacial score (nSPS) is 13.2. The Kier molecular flexibility index (Phi) is 3.54. The number of thiophene rings is 1. The summed E-state index contributed by atoms with van der Waals surface area (Å²) in [6, 6.07) is 1.94. The van der Waals surface area contributed by atoms with E-state index in [1.54, 1.807) is 14.0 Å². The molecule has 7 heteroatoms. The average Bonchev–Trinajstić information content (AvgIpc) is 3.09. The average molecular weight is 322 g/mol. The second kappa shape index (κ2) is 5.23. The maximum atomic E-state index is 12.6. The number of carboxylic acid groups (broad SMARTS) is 1. The molecule has 0 fully saturated rings. The van der Waals surface area contributed by atoms with E-state index in [4.69, 9.17) is 0 Å². The number of amides is 1. The predicted molar refractivity (Wildman–Crippen MR) is 82.9 cm³/mol. The Hall–Kier alpha value is -1.73. The molecule has 0 unspecified atom stereocenters. The van der Waals surface area contributed by atoms with Gasteiger partial charge < -0.3 is 10.0 Å². The van der Waals surface area contributed by atoms with Crippen LogP contribution in [0.15, 0.2) is 6.07 Å². The van der Waals surface area contributed by atoms with E-state index in [9.17, 15) is 14.7 Å². The number of carboxylic acids is 1. The molecule has 1 aliphatic carbocycles. The monoisotopic (exact) mass is 322 g/mol. The lowest BCUT2D eigenvalue weighted by Gasteiger charge is -2.14. The number of hydrogen-bond donors (Lipinski definition) is 1. The number of rotatable bonds is 3. The topological polar surface area (TPSA) is 70.5 Å². The Morgan fingerprint density at radius 1 is 1.38 bits per heavy atom. The van der Waals surface area contributed by atoms with E-state index in [2.05, 4.69) is 4.37 Å². The highest BCUT2D eigenvalue weighted by molar-refractivity contribution is 7.14. The Morgan fingerprint density at radius 3 is 2.81 bits per heavy atom. The van der Waals surface area contributed by atoms with Crippen LogP contribution in [0.25, 0.3) is 0 Å². The van der Waals surface area contributed by atoms with Gasteiger partial charge in [-0.25, -0.2) is 4.79 Å². The third-order valence-electron chi connectivity index (χ3n) is 3.63. The molecular weight excluding hydrogens is 308 g/mol. The van der Waals surface area contributed by atoms with E-state index in [0.717, 1.165) is 30.8 Å². The first kappa shape index (κ1) is 14.2. The summed E-state index contributed by atoms with van der Waals surface area (Å²) in [6.45, 7) is 1.64. The number of aromatic nitrogens is 1. The van der Waals surface area contributed by atoms with Crippen molar-refractivity contribution in [1.29, 1.82) is 0 Å². The molecule has 0 aromatic carbocycles. The molecule has 0 saturated carbocycles. The molecule has 2 aromatic heterocycles. The molecule has 0 saturated heterocycles. The third kappa shape index (κ3) is 2.36. The van der Waals surface area contributed by atoms with Gasteiger partial charge in [0.25, 0.3) is 5.91 Å². The van der Waals surface area contributed by atoms with Crippen LogP contribution < -0.4 is 4.90 Å². The van der Waals surface area contributed by atoms with Crippen LogP contribution in [0.5, 0.6) is 0 Å². The van der Waals surface area contributed by atoms with Crippen LogP contribution in [-0.4, -0.2) is 28.4 Å². The first-order chi connectivity index (χ1) is 9.99. The number of carbonyl (C=O) groups is 2. The summed E-state index contributed by atoms with van der Waals surface area (Å²) in [6.07, 6.45) is 3.22. The van der Waals surface area contributed by atoms with Gasteiger partial charge in [0, 0.05) is 11.9 Å². The highest BCUT2D eigenvalue weighted by Crippen LogP contribution is 2.33. The van der Waals surface area contributed by atoms with Crippen molar-refractivity contribution in [3.8, 4) is 0 Å². The number of aryl methyl sites for hydroxylation is 3. The molecule has 0 radical (unpaired) electrons. The van der Waals surface area contributed by atoms with Crippen LogP contribution in [0.1, 0.15) is 42.6 Å². The van der Waals surface area contributed by atoms with Crippen molar-refractivity contribution in [2.24, 2.45) is 0 Å². The minimum atomic E-state index is -1.05. The molecular formula is C14H14N2O3S2. The summed E-state index contributed by atoms with van der Waals surface area (Å²) in [7, 11) is 1.60. The summed E-state index contributed by atoms with van der Waals surface area (Å²) in [4.78, 5) is 27.2. The number of nitrogens with zero attached hydrogens (tertiary/aromatic N) is 2. The van der Waals surface area contributed by atoms with E-state index in [1.165, 1.54) is 26.7 Å². The SMILES string of the molecule is Cc1nsc(N(C)C(=O)c2cc3c(s2)CCC3)c1C(=O)O. The van der Waals surface area contributed by atoms with Gasteiger partial charge in [0.05, 0.1) is 10.6 Å². The van der Waals surface area contributed by atoms with Crippen molar-refractivity contribution in [2.45, 2.75) is 26.2 Å². The molecule has 0 bridgehead atoms. The van der Waals surface area contributed by atoms with Crippen LogP contribution in [0.2, 0.25) is 0 Å². The van der Waals surface area contributed by atoms with E-state index < -0.39 is 5.97 Å². The Labute approximate surface area is 130 Å². The predicted octanol–water partition coefficient (Wildman–Crippen LogP) is 2.98. The maximum absolute atomic E-state index is 12.6. The van der Waals surface area contributed by atoms with Gasteiger partial charge in [-0.15, -0.1) is 11.3 Å². The fourth-order valence-corrected chi connectivity index (χ4v) is 4.60. The zero-order valence-electron chi connectivity index (χ0n) is 11.7. The van der Waals surface area contributed by atoms with Crippen molar-refractivity contribution in [3.05, 3.63) is 32.6 Å². The van der Waals surface area contributed by atoms with E-state index in [1.807, 2.05) is 6.07 Å². The number of fused-ring (bicyclic) bond motifs is 1. The quantitative estimate of drug-likeness (QED) is 0.943.